The monoisotopic (exact) mass is 820 g/mol. The van der Waals surface area contributed by atoms with E-state index < -0.39 is 45.1 Å². The van der Waals surface area contributed by atoms with E-state index in [2.05, 4.69) is 25.4 Å². The third-order valence-corrected chi connectivity index (χ3v) is 12.8. The fourth-order valence-electron chi connectivity index (χ4n) is 8.62. The van der Waals surface area contributed by atoms with Gasteiger partial charge >= 0.3 is 11.9 Å². The summed E-state index contributed by atoms with van der Waals surface area (Å²) >= 11 is 0. The smallest absolute Gasteiger partial charge is 0.367 e. The van der Waals surface area contributed by atoms with Crippen molar-refractivity contribution >= 4 is 60.8 Å². The lowest BCUT2D eigenvalue weighted by atomic mass is 9.85. The number of nitrogens with one attached hydrogen (secondary N) is 3. The number of carbonyl (C=O) groups excluding carboxylic acids is 3. The van der Waals surface area contributed by atoms with Crippen molar-refractivity contribution in [2.75, 3.05) is 49.2 Å². The van der Waals surface area contributed by atoms with Gasteiger partial charge in [0.1, 0.15) is 17.4 Å². The Morgan fingerprint density at radius 2 is 1.72 bits per heavy atom. The Morgan fingerprint density at radius 3 is 2.41 bits per heavy atom. The first-order chi connectivity index (χ1) is 27.5. The minimum atomic E-state index is -4.73. The van der Waals surface area contributed by atoms with E-state index in [9.17, 15) is 36.6 Å². The van der Waals surface area contributed by atoms with Crippen molar-refractivity contribution in [3.63, 3.8) is 0 Å². The number of amides is 3. The number of anilines is 2. The Labute approximate surface area is 331 Å². The number of para-hydroxylation sites is 1. The summed E-state index contributed by atoms with van der Waals surface area (Å²) in [6, 6.07) is 11.2. The minimum absolute atomic E-state index is 0.0146. The predicted octanol–water partition coefficient (Wildman–Crippen LogP) is 4.92. The Morgan fingerprint density at radius 1 is 1.00 bits per heavy atom. The molecule has 3 aliphatic rings. The molecule has 0 bridgehead atoms. The second kappa shape index (κ2) is 15.0. The number of imide groups is 1. The molecule has 3 fully saturated rings. The summed E-state index contributed by atoms with van der Waals surface area (Å²) in [5.74, 6) is -1.22. The van der Waals surface area contributed by atoms with Crippen molar-refractivity contribution in [2.45, 2.75) is 61.7 Å². The van der Waals surface area contributed by atoms with Gasteiger partial charge in [0, 0.05) is 64.0 Å². The van der Waals surface area contributed by atoms with Crippen LogP contribution >= 0.6 is 0 Å². The van der Waals surface area contributed by atoms with E-state index in [-0.39, 0.29) is 41.1 Å². The minimum Gasteiger partial charge on any atom is -0.367 e. The van der Waals surface area contributed by atoms with Crippen molar-refractivity contribution < 1.29 is 31.8 Å². The first-order valence-corrected chi connectivity index (χ1v) is 21.1. The maximum absolute atomic E-state index is 13.4. The van der Waals surface area contributed by atoms with Gasteiger partial charge in [-0.3, -0.25) is 38.4 Å². The molecule has 5 heterocycles. The Balaban J connectivity index is 0.900. The predicted molar refractivity (Wildman–Crippen MR) is 210 cm³/mol. The summed E-state index contributed by atoms with van der Waals surface area (Å²) in [7, 11) is -1.65. The standard InChI is InChI=1S/C39H43F3N10O5S/c1-48-35-29(6-4-7-30(35)52(38(48)56)31-13-14-34(53)46-37(31)55)50-17-15-49(16-18-50)21-23-9-11-25(12-10-23)51-22-24-19-28(32(58(2,43)57)20-27(24)47-51)45-36(54)26-5-3-8-33(44-26)39(40,41)42/h3-8,19-20,22-23,25,31,43H,9-18,21H2,1-2H3,(H,45,54)(H,46,53,55). The maximum Gasteiger partial charge on any atom is 0.433 e. The lowest BCUT2D eigenvalue weighted by Crippen LogP contribution is -2.48. The highest BCUT2D eigenvalue weighted by Crippen LogP contribution is 2.36. The molecule has 0 radical (unpaired) electrons. The molecular weight excluding hydrogens is 778 g/mol. The van der Waals surface area contributed by atoms with E-state index in [4.69, 9.17) is 9.88 Å². The molecule has 306 valence electrons. The van der Waals surface area contributed by atoms with Crippen LogP contribution in [0.3, 0.4) is 0 Å². The molecule has 2 atom stereocenters. The van der Waals surface area contributed by atoms with Crippen LogP contribution in [0.1, 0.15) is 66.8 Å². The van der Waals surface area contributed by atoms with E-state index in [1.807, 2.05) is 29.1 Å². The third-order valence-electron chi connectivity index (χ3n) is 11.6. The van der Waals surface area contributed by atoms with Crippen LogP contribution in [0.2, 0.25) is 0 Å². The van der Waals surface area contributed by atoms with Gasteiger partial charge in [0.25, 0.3) is 5.91 Å². The average Bonchev–Trinajstić information content (AvgIpc) is 3.72. The molecule has 1 saturated carbocycles. The molecule has 2 aliphatic heterocycles. The molecule has 15 nitrogen and oxygen atoms in total. The number of piperidine rings is 1. The second-order valence-corrected chi connectivity index (χ2v) is 17.6. The van der Waals surface area contributed by atoms with Crippen molar-refractivity contribution in [3.05, 3.63) is 76.6 Å². The lowest BCUT2D eigenvalue weighted by molar-refractivity contribution is -0.141. The lowest BCUT2D eigenvalue weighted by Gasteiger charge is -2.39. The van der Waals surface area contributed by atoms with Crippen LogP contribution in [-0.4, -0.2) is 89.7 Å². The van der Waals surface area contributed by atoms with Crippen LogP contribution in [0, 0.1) is 10.7 Å². The highest BCUT2D eigenvalue weighted by Gasteiger charge is 2.34. The highest BCUT2D eigenvalue weighted by molar-refractivity contribution is 7.91. The van der Waals surface area contributed by atoms with Crippen molar-refractivity contribution in [3.8, 4) is 0 Å². The molecule has 3 N–H and O–H groups in total. The third kappa shape index (κ3) is 7.59. The molecule has 3 aromatic heterocycles. The quantitative estimate of drug-likeness (QED) is 0.183. The number of pyridine rings is 1. The number of fused-ring (bicyclic) bond motifs is 2. The van der Waals surface area contributed by atoms with Crippen LogP contribution in [0.15, 0.2) is 64.4 Å². The summed E-state index contributed by atoms with van der Waals surface area (Å²) < 4.78 is 65.9. The van der Waals surface area contributed by atoms with Gasteiger partial charge < -0.3 is 10.2 Å². The van der Waals surface area contributed by atoms with Gasteiger partial charge in [0.2, 0.25) is 11.8 Å². The van der Waals surface area contributed by atoms with E-state index in [0.717, 1.165) is 87.8 Å². The number of alkyl halides is 3. The van der Waals surface area contributed by atoms with Crippen LogP contribution < -0.4 is 21.2 Å². The number of aromatic nitrogens is 5. The van der Waals surface area contributed by atoms with Crippen molar-refractivity contribution in [1.82, 2.24) is 34.1 Å². The fraction of sp³-hybridized carbons (Fsp3) is 0.436. The number of nitrogens with zero attached hydrogens (tertiary/aromatic N) is 7. The zero-order chi connectivity index (χ0) is 41.1. The van der Waals surface area contributed by atoms with Gasteiger partial charge in [-0.15, -0.1) is 0 Å². The van der Waals surface area contributed by atoms with Crippen LogP contribution in [-0.2, 0) is 32.5 Å². The number of hydrogen-bond acceptors (Lipinski definition) is 10. The molecule has 2 unspecified atom stereocenters. The number of carbonyl (C=O) groups is 3. The number of imidazole rings is 1. The molecular formula is C39H43F3N10O5S. The Kier molecular flexibility index (Phi) is 10.1. The molecule has 3 amide bonds. The molecule has 5 aromatic rings. The molecule has 0 spiro atoms. The Bertz CT molecular complexity index is 2620. The number of hydrogen-bond donors (Lipinski definition) is 3. The topological polar surface area (TPSA) is 180 Å². The zero-order valence-electron chi connectivity index (χ0n) is 31.9. The van der Waals surface area contributed by atoms with Crippen molar-refractivity contribution in [1.29, 1.82) is 4.78 Å². The number of aryl methyl sites for hydroxylation is 1. The zero-order valence-corrected chi connectivity index (χ0v) is 32.7. The van der Waals surface area contributed by atoms with Gasteiger partial charge in [-0.2, -0.15) is 18.3 Å². The normalized spacial score (nSPS) is 21.9. The van der Waals surface area contributed by atoms with Gasteiger partial charge in [-0.05, 0) is 74.4 Å². The largest absolute Gasteiger partial charge is 0.433 e. The van der Waals surface area contributed by atoms with Gasteiger partial charge in [0.15, 0.2) is 0 Å². The summed E-state index contributed by atoms with van der Waals surface area (Å²) in [6.07, 6.45) is 2.53. The molecule has 2 saturated heterocycles. The molecule has 58 heavy (non-hydrogen) atoms. The van der Waals surface area contributed by atoms with Gasteiger partial charge in [-0.25, -0.2) is 18.8 Å². The number of halogens is 3. The van der Waals surface area contributed by atoms with Crippen LogP contribution in [0.25, 0.3) is 21.9 Å². The van der Waals surface area contributed by atoms with Crippen LogP contribution in [0.5, 0.6) is 0 Å². The summed E-state index contributed by atoms with van der Waals surface area (Å²) in [5.41, 5.74) is 0.954. The summed E-state index contributed by atoms with van der Waals surface area (Å²) in [4.78, 5) is 59.1. The summed E-state index contributed by atoms with van der Waals surface area (Å²) in [6.45, 7) is 4.21. The molecule has 1 aliphatic carbocycles. The van der Waals surface area contributed by atoms with Gasteiger partial charge in [-0.1, -0.05) is 12.1 Å². The van der Waals surface area contributed by atoms with Crippen molar-refractivity contribution in [2.24, 2.45) is 13.0 Å². The highest BCUT2D eigenvalue weighted by atomic mass is 32.2. The Hall–Kier alpha value is -5.56. The average molecular weight is 821 g/mol. The van der Waals surface area contributed by atoms with E-state index in [1.165, 1.54) is 16.9 Å². The first-order valence-electron chi connectivity index (χ1n) is 19.2. The molecule has 8 rings (SSSR count). The molecule has 2 aromatic carbocycles. The van der Waals surface area contributed by atoms with E-state index >= 15 is 0 Å². The number of piperazine rings is 1. The van der Waals surface area contributed by atoms with Crippen LogP contribution in [0.4, 0.5) is 24.5 Å². The van der Waals surface area contributed by atoms with Gasteiger partial charge in [0.05, 0.1) is 48.6 Å². The molecule has 19 heteroatoms. The number of benzene rings is 2. The number of rotatable bonds is 8. The first kappa shape index (κ1) is 39.3. The fourth-order valence-corrected chi connectivity index (χ4v) is 9.48. The summed E-state index contributed by atoms with van der Waals surface area (Å²) in [5, 5.41) is 10.3. The van der Waals surface area contributed by atoms with E-state index in [0.29, 0.717) is 22.3 Å². The second-order valence-electron chi connectivity index (χ2n) is 15.5. The van der Waals surface area contributed by atoms with E-state index in [1.54, 1.807) is 17.7 Å². The SMILES string of the molecule is Cn1c(=O)n(C2CCC(=O)NC2=O)c2cccc(N3CCN(CC4CCC(n5cc6cc(NC(=O)c7cccc(C(F)(F)F)n7)c(S(C)(=N)=O)cc6n5)CC4)CC3)c21. The maximum atomic E-state index is 13.4.